The Kier molecular flexibility index (Phi) is 1.64. The van der Waals surface area contributed by atoms with Crippen LogP contribution in [0, 0.1) is 5.82 Å². The van der Waals surface area contributed by atoms with Crippen LogP contribution in [0.15, 0.2) is 18.2 Å². The van der Waals surface area contributed by atoms with Crippen LogP contribution in [0.4, 0.5) is 22.0 Å². The summed E-state index contributed by atoms with van der Waals surface area (Å²) in [5, 5.41) is 0. The lowest BCUT2D eigenvalue weighted by Crippen LogP contribution is -2.17. The van der Waals surface area contributed by atoms with Crippen LogP contribution in [0.1, 0.15) is 11.1 Å². The monoisotopic (exact) mass is 210 g/mol. The second kappa shape index (κ2) is 2.44. The second-order valence-electron chi connectivity index (χ2n) is 2.83. The normalized spacial score (nSPS) is 22.1. The fraction of sp³-hybridized carbons (Fsp3) is 0.250. The molecule has 0 saturated carbocycles. The van der Waals surface area contributed by atoms with Crippen molar-refractivity contribution in [3.8, 4) is 0 Å². The minimum atomic E-state index is -4.14. The molecule has 1 nitrogen and oxygen atoms in total. The van der Waals surface area contributed by atoms with Gasteiger partial charge < -0.3 is 0 Å². The van der Waals surface area contributed by atoms with Crippen LogP contribution in [0.25, 0.3) is 0 Å². The molecule has 0 amide bonds. The predicted octanol–water partition coefficient (Wildman–Crippen LogP) is 2.95. The highest BCUT2D eigenvalue weighted by Crippen LogP contribution is 2.50. The molecule has 6 heteroatoms. The number of benzene rings is 1. The summed E-state index contributed by atoms with van der Waals surface area (Å²) in [6.07, 6.45) is -8.20. The zero-order valence-electron chi connectivity index (χ0n) is 6.53. The molecule has 0 aromatic heterocycles. The van der Waals surface area contributed by atoms with Gasteiger partial charge in [0.05, 0.1) is 11.1 Å². The van der Waals surface area contributed by atoms with E-state index in [1.165, 1.54) is 0 Å². The molecule has 0 unspecified atom stereocenters. The molecule has 14 heavy (non-hydrogen) atoms. The van der Waals surface area contributed by atoms with Crippen molar-refractivity contribution >= 4 is 0 Å². The summed E-state index contributed by atoms with van der Waals surface area (Å²) < 4.78 is 66.7. The molecule has 0 atom stereocenters. The van der Waals surface area contributed by atoms with Crippen LogP contribution in [0.5, 0.6) is 0 Å². The van der Waals surface area contributed by atoms with Gasteiger partial charge in [-0.2, -0.15) is 17.6 Å². The van der Waals surface area contributed by atoms with Crippen molar-refractivity contribution < 1.29 is 26.7 Å². The summed E-state index contributed by atoms with van der Waals surface area (Å²) in [4.78, 5) is 0. The van der Waals surface area contributed by atoms with Crippen LogP contribution in [-0.2, 0) is 17.0 Å². The molecule has 0 saturated heterocycles. The van der Waals surface area contributed by atoms with Gasteiger partial charge in [0.2, 0.25) is 0 Å². The molecule has 76 valence electrons. The minimum absolute atomic E-state index is 0.343. The first-order valence-corrected chi connectivity index (χ1v) is 3.59. The van der Waals surface area contributed by atoms with Crippen molar-refractivity contribution in [2.24, 2.45) is 0 Å². The quantitative estimate of drug-likeness (QED) is 0.598. The Hall–Kier alpha value is -1.17. The van der Waals surface area contributed by atoms with Crippen LogP contribution in [0.2, 0.25) is 0 Å². The van der Waals surface area contributed by atoms with E-state index in [-0.39, 0.29) is 0 Å². The van der Waals surface area contributed by atoms with Gasteiger partial charge >= 0.3 is 12.2 Å². The number of alkyl halides is 4. The molecule has 0 spiro atoms. The van der Waals surface area contributed by atoms with E-state index in [4.69, 9.17) is 0 Å². The Bertz CT molecular complexity index is 387. The largest absolute Gasteiger partial charge is 0.388 e. The number of rotatable bonds is 0. The second-order valence-corrected chi connectivity index (χ2v) is 2.83. The number of hydrogen-bond acceptors (Lipinski definition) is 1. The molecule has 1 heterocycles. The van der Waals surface area contributed by atoms with Crippen LogP contribution < -0.4 is 0 Å². The molecule has 1 aliphatic rings. The Morgan fingerprint density at radius 2 is 1.50 bits per heavy atom. The fourth-order valence-electron chi connectivity index (χ4n) is 1.28. The summed E-state index contributed by atoms with van der Waals surface area (Å²) in [6, 6.07) is 1.61. The average Bonchev–Trinajstić information content (AvgIpc) is 2.17. The number of ether oxygens (including phenoxy) is 1. The summed E-state index contributed by atoms with van der Waals surface area (Å²) in [5.41, 5.74) is -2.12. The maximum Gasteiger partial charge on any atom is 0.388 e. The minimum Gasteiger partial charge on any atom is -0.247 e. The van der Waals surface area contributed by atoms with E-state index in [2.05, 4.69) is 4.74 Å². The molecule has 0 N–H and O–H groups in total. The van der Waals surface area contributed by atoms with Crippen molar-refractivity contribution in [1.82, 2.24) is 0 Å². The van der Waals surface area contributed by atoms with Crippen molar-refractivity contribution in [3.63, 3.8) is 0 Å². The predicted molar refractivity (Wildman–Crippen MR) is 35.3 cm³/mol. The van der Waals surface area contributed by atoms with E-state index in [0.29, 0.717) is 18.2 Å². The van der Waals surface area contributed by atoms with Crippen LogP contribution in [-0.4, -0.2) is 0 Å². The summed E-state index contributed by atoms with van der Waals surface area (Å²) in [6.45, 7) is 0. The van der Waals surface area contributed by atoms with E-state index >= 15 is 0 Å². The van der Waals surface area contributed by atoms with Crippen LogP contribution in [0.3, 0.4) is 0 Å². The lowest BCUT2D eigenvalue weighted by atomic mass is 10.1. The van der Waals surface area contributed by atoms with Gasteiger partial charge in [-0.1, -0.05) is 0 Å². The average molecular weight is 210 g/mol. The number of fused-ring (bicyclic) bond motifs is 1. The molecular formula is C8H3F5O. The molecule has 1 aromatic rings. The third-order valence-electron chi connectivity index (χ3n) is 1.87. The highest BCUT2D eigenvalue weighted by atomic mass is 19.3. The molecule has 0 radical (unpaired) electrons. The molecule has 0 fully saturated rings. The Labute approximate surface area is 75.1 Å². The van der Waals surface area contributed by atoms with Gasteiger partial charge in [0, 0.05) is 0 Å². The first-order chi connectivity index (χ1) is 6.33. The Morgan fingerprint density at radius 3 is 2.14 bits per heavy atom. The molecule has 0 bridgehead atoms. The molecule has 0 aliphatic carbocycles. The first-order valence-electron chi connectivity index (χ1n) is 3.59. The van der Waals surface area contributed by atoms with Crippen LogP contribution >= 0.6 is 0 Å². The van der Waals surface area contributed by atoms with E-state index in [1.807, 2.05) is 0 Å². The van der Waals surface area contributed by atoms with E-state index < -0.39 is 29.2 Å². The highest BCUT2D eigenvalue weighted by Gasteiger charge is 2.57. The van der Waals surface area contributed by atoms with E-state index in [1.54, 1.807) is 0 Å². The SMILES string of the molecule is Fc1ccc2c(c1)C(F)(F)OC2(F)F. The Morgan fingerprint density at radius 1 is 0.929 bits per heavy atom. The third-order valence-corrected chi connectivity index (χ3v) is 1.87. The topological polar surface area (TPSA) is 9.23 Å². The van der Waals surface area contributed by atoms with E-state index in [9.17, 15) is 22.0 Å². The van der Waals surface area contributed by atoms with Gasteiger partial charge in [-0.15, -0.1) is 0 Å². The van der Waals surface area contributed by atoms with Crippen molar-refractivity contribution in [2.45, 2.75) is 12.2 Å². The first kappa shape index (κ1) is 9.39. The lowest BCUT2D eigenvalue weighted by Gasteiger charge is -2.10. The zero-order valence-corrected chi connectivity index (χ0v) is 6.53. The van der Waals surface area contributed by atoms with Crippen molar-refractivity contribution in [3.05, 3.63) is 35.1 Å². The molecule has 2 rings (SSSR count). The van der Waals surface area contributed by atoms with Gasteiger partial charge in [0.15, 0.2) is 0 Å². The number of hydrogen-bond donors (Lipinski definition) is 0. The molecule has 1 aliphatic heterocycles. The van der Waals surface area contributed by atoms with E-state index in [0.717, 1.165) is 0 Å². The third kappa shape index (κ3) is 1.18. The maximum atomic E-state index is 12.7. The smallest absolute Gasteiger partial charge is 0.247 e. The van der Waals surface area contributed by atoms with Gasteiger partial charge in [-0.05, 0) is 18.2 Å². The summed E-state index contributed by atoms with van der Waals surface area (Å²) >= 11 is 0. The van der Waals surface area contributed by atoms with Gasteiger partial charge in [-0.25, -0.2) is 9.13 Å². The fourth-order valence-corrected chi connectivity index (χ4v) is 1.28. The standard InChI is InChI=1S/C8H3F5O/c9-4-1-2-5-6(3-4)8(12,13)14-7(5,10)11/h1-3H. The van der Waals surface area contributed by atoms with Gasteiger partial charge in [0.25, 0.3) is 0 Å². The van der Waals surface area contributed by atoms with Crippen molar-refractivity contribution in [2.75, 3.05) is 0 Å². The zero-order chi connectivity index (χ0) is 10.6. The lowest BCUT2D eigenvalue weighted by molar-refractivity contribution is -0.369. The number of halogens is 5. The van der Waals surface area contributed by atoms with Gasteiger partial charge in [-0.3, -0.25) is 0 Å². The highest BCUT2D eigenvalue weighted by molar-refractivity contribution is 5.35. The molecule has 1 aromatic carbocycles. The summed E-state index contributed by atoms with van der Waals surface area (Å²) in [7, 11) is 0. The van der Waals surface area contributed by atoms with Gasteiger partial charge in [0.1, 0.15) is 5.82 Å². The Balaban J connectivity index is 2.66. The molecular weight excluding hydrogens is 207 g/mol. The van der Waals surface area contributed by atoms with Crippen molar-refractivity contribution in [1.29, 1.82) is 0 Å². The summed E-state index contributed by atoms with van der Waals surface area (Å²) in [5.74, 6) is -1.01. The maximum absolute atomic E-state index is 12.7.